The van der Waals surface area contributed by atoms with Crippen molar-refractivity contribution >= 4 is 11.6 Å². The van der Waals surface area contributed by atoms with E-state index in [0.717, 1.165) is 42.4 Å². The predicted molar refractivity (Wildman–Crippen MR) is 67.1 cm³/mol. The normalized spacial score (nSPS) is 17.5. The first-order valence-corrected chi connectivity index (χ1v) is 6.07. The summed E-state index contributed by atoms with van der Waals surface area (Å²) in [4.78, 5) is 0. The zero-order chi connectivity index (χ0) is 11.9. The molecule has 88 valence electrons. The van der Waals surface area contributed by atoms with E-state index in [1.54, 1.807) is 0 Å². The monoisotopic (exact) mass is 239 g/mol. The van der Waals surface area contributed by atoms with Gasteiger partial charge in [-0.3, -0.25) is 0 Å². The van der Waals surface area contributed by atoms with Gasteiger partial charge in [0.05, 0.1) is 0 Å². The van der Waals surface area contributed by atoms with E-state index in [-0.39, 0.29) is 5.54 Å². The summed E-state index contributed by atoms with van der Waals surface area (Å²) >= 11 is 6.01. The minimum Gasteiger partial charge on any atom is -0.507 e. The van der Waals surface area contributed by atoms with E-state index in [4.69, 9.17) is 17.3 Å². The van der Waals surface area contributed by atoms with Gasteiger partial charge in [0.25, 0.3) is 0 Å². The Balaban J connectivity index is 2.22. The van der Waals surface area contributed by atoms with Crippen molar-refractivity contribution in [2.24, 2.45) is 5.73 Å². The molecular weight excluding hydrogens is 222 g/mol. The molecule has 0 unspecified atom stereocenters. The van der Waals surface area contributed by atoms with E-state index in [1.165, 1.54) is 0 Å². The van der Waals surface area contributed by atoms with Crippen LogP contribution in [-0.2, 0) is 6.42 Å². The van der Waals surface area contributed by atoms with Crippen LogP contribution in [0.25, 0.3) is 0 Å². The van der Waals surface area contributed by atoms with Crippen molar-refractivity contribution in [3.63, 3.8) is 0 Å². The van der Waals surface area contributed by atoms with Crippen LogP contribution in [0.1, 0.15) is 36.0 Å². The fraction of sp³-hybridized carbons (Fsp3) is 0.538. The van der Waals surface area contributed by atoms with E-state index >= 15 is 0 Å². The van der Waals surface area contributed by atoms with E-state index in [2.05, 4.69) is 0 Å². The number of aryl methyl sites for hydroxylation is 1. The number of nitrogens with two attached hydrogens (primary N) is 1. The summed E-state index contributed by atoms with van der Waals surface area (Å²) in [5, 5.41) is 10.7. The van der Waals surface area contributed by atoms with Gasteiger partial charge in [-0.15, -0.1) is 0 Å². The summed E-state index contributed by atoms with van der Waals surface area (Å²) in [7, 11) is 0. The van der Waals surface area contributed by atoms with Gasteiger partial charge in [-0.05, 0) is 56.7 Å². The topological polar surface area (TPSA) is 46.2 Å². The molecule has 0 amide bonds. The van der Waals surface area contributed by atoms with Gasteiger partial charge >= 0.3 is 0 Å². The highest BCUT2D eigenvalue weighted by Gasteiger charge is 2.37. The van der Waals surface area contributed by atoms with Gasteiger partial charge in [0.15, 0.2) is 0 Å². The molecule has 0 atom stereocenters. The highest BCUT2D eigenvalue weighted by Crippen LogP contribution is 2.39. The van der Waals surface area contributed by atoms with E-state index in [0.29, 0.717) is 10.8 Å². The van der Waals surface area contributed by atoms with E-state index in [1.807, 2.05) is 19.9 Å². The SMILES string of the molecule is Cc1cc(Cl)c(C)c(O)c1CCC1(N)CC1. The molecule has 3 N–H and O–H groups in total. The van der Waals surface area contributed by atoms with Crippen LogP contribution in [0.4, 0.5) is 0 Å². The third-order valence-electron chi connectivity index (χ3n) is 3.58. The third-order valence-corrected chi connectivity index (χ3v) is 3.98. The van der Waals surface area contributed by atoms with Crippen molar-refractivity contribution in [3.8, 4) is 5.75 Å². The maximum absolute atomic E-state index is 10.1. The van der Waals surface area contributed by atoms with Crippen LogP contribution >= 0.6 is 11.6 Å². The van der Waals surface area contributed by atoms with Gasteiger partial charge in [0.2, 0.25) is 0 Å². The summed E-state index contributed by atoms with van der Waals surface area (Å²) in [5.41, 5.74) is 8.91. The summed E-state index contributed by atoms with van der Waals surface area (Å²) in [6.07, 6.45) is 4.01. The first-order chi connectivity index (χ1) is 7.43. The molecule has 3 heteroatoms. The molecule has 0 saturated heterocycles. The van der Waals surface area contributed by atoms with Crippen LogP contribution in [0.15, 0.2) is 6.07 Å². The van der Waals surface area contributed by atoms with Crippen molar-refractivity contribution < 1.29 is 5.11 Å². The smallest absolute Gasteiger partial charge is 0.123 e. The first kappa shape index (κ1) is 11.7. The van der Waals surface area contributed by atoms with Gasteiger partial charge in [-0.2, -0.15) is 0 Å². The third kappa shape index (κ3) is 2.18. The molecule has 0 radical (unpaired) electrons. The standard InChI is InChI=1S/C13H18ClNO/c1-8-7-11(14)9(2)12(16)10(8)3-4-13(15)5-6-13/h7,16H,3-6,15H2,1-2H3. The van der Waals surface area contributed by atoms with Gasteiger partial charge < -0.3 is 10.8 Å². The Morgan fingerprint density at radius 2 is 2.06 bits per heavy atom. The molecule has 1 saturated carbocycles. The van der Waals surface area contributed by atoms with E-state index < -0.39 is 0 Å². The van der Waals surface area contributed by atoms with Crippen LogP contribution in [-0.4, -0.2) is 10.6 Å². The Morgan fingerprint density at radius 1 is 1.44 bits per heavy atom. The first-order valence-electron chi connectivity index (χ1n) is 5.69. The zero-order valence-electron chi connectivity index (χ0n) is 9.81. The second-order valence-electron chi connectivity index (χ2n) is 4.99. The second kappa shape index (κ2) is 3.94. The largest absolute Gasteiger partial charge is 0.507 e. The van der Waals surface area contributed by atoms with Crippen molar-refractivity contribution in [2.75, 3.05) is 0 Å². The Kier molecular flexibility index (Phi) is 2.89. The van der Waals surface area contributed by atoms with Crippen LogP contribution in [0.2, 0.25) is 5.02 Å². The molecule has 0 bridgehead atoms. The fourth-order valence-electron chi connectivity index (χ4n) is 2.01. The second-order valence-corrected chi connectivity index (χ2v) is 5.40. The lowest BCUT2D eigenvalue weighted by molar-refractivity contribution is 0.459. The maximum atomic E-state index is 10.1. The average molecular weight is 240 g/mol. The molecule has 1 aliphatic rings. The van der Waals surface area contributed by atoms with Gasteiger partial charge in [-0.25, -0.2) is 0 Å². The van der Waals surface area contributed by atoms with Crippen molar-refractivity contribution in [1.29, 1.82) is 0 Å². The molecule has 0 aliphatic heterocycles. The Labute approximate surface area is 101 Å². The summed E-state index contributed by atoms with van der Waals surface area (Å²) in [6.45, 7) is 3.83. The molecule has 2 rings (SSSR count). The molecule has 0 spiro atoms. The number of phenolic OH excluding ortho intramolecular Hbond substituents is 1. The number of aromatic hydroxyl groups is 1. The summed E-state index contributed by atoms with van der Waals surface area (Å²) in [5.74, 6) is 0.342. The Bertz CT molecular complexity index is 424. The van der Waals surface area contributed by atoms with E-state index in [9.17, 15) is 5.11 Å². The molecule has 1 aliphatic carbocycles. The van der Waals surface area contributed by atoms with Crippen LogP contribution in [0.3, 0.4) is 0 Å². The highest BCUT2D eigenvalue weighted by atomic mass is 35.5. The predicted octanol–water partition coefficient (Wildman–Crippen LogP) is 3.09. The molecule has 1 aromatic carbocycles. The lowest BCUT2D eigenvalue weighted by Gasteiger charge is -2.14. The van der Waals surface area contributed by atoms with Crippen LogP contribution in [0.5, 0.6) is 5.75 Å². The average Bonchev–Trinajstić information content (AvgIpc) is 2.93. The summed E-state index contributed by atoms with van der Waals surface area (Å²) in [6, 6.07) is 1.92. The lowest BCUT2D eigenvalue weighted by Crippen LogP contribution is -2.22. The minimum absolute atomic E-state index is 0.0341. The van der Waals surface area contributed by atoms with Gasteiger partial charge in [0, 0.05) is 16.1 Å². The number of phenols is 1. The van der Waals surface area contributed by atoms with Gasteiger partial charge in [-0.1, -0.05) is 11.6 Å². The molecule has 1 fully saturated rings. The number of halogens is 1. The molecule has 1 aromatic rings. The van der Waals surface area contributed by atoms with Crippen LogP contribution < -0.4 is 5.73 Å². The molecule has 0 aromatic heterocycles. The van der Waals surface area contributed by atoms with Crippen molar-refractivity contribution in [1.82, 2.24) is 0 Å². The zero-order valence-corrected chi connectivity index (χ0v) is 10.6. The van der Waals surface area contributed by atoms with Crippen LogP contribution in [0, 0.1) is 13.8 Å². The molecule has 16 heavy (non-hydrogen) atoms. The minimum atomic E-state index is 0.0341. The Morgan fingerprint density at radius 3 is 2.62 bits per heavy atom. The lowest BCUT2D eigenvalue weighted by atomic mass is 9.97. The summed E-state index contributed by atoms with van der Waals surface area (Å²) < 4.78 is 0. The number of rotatable bonds is 3. The fourth-order valence-corrected chi connectivity index (χ4v) is 2.26. The Hall–Kier alpha value is -0.730. The quantitative estimate of drug-likeness (QED) is 0.852. The maximum Gasteiger partial charge on any atom is 0.123 e. The van der Waals surface area contributed by atoms with Crippen molar-refractivity contribution in [3.05, 3.63) is 27.8 Å². The van der Waals surface area contributed by atoms with Crippen molar-refractivity contribution in [2.45, 2.75) is 45.1 Å². The molecule has 2 nitrogen and oxygen atoms in total. The number of benzene rings is 1. The highest BCUT2D eigenvalue weighted by molar-refractivity contribution is 6.31. The molecular formula is C13H18ClNO. The molecule has 0 heterocycles. The van der Waals surface area contributed by atoms with Gasteiger partial charge in [0.1, 0.15) is 5.75 Å². The number of hydrogen-bond acceptors (Lipinski definition) is 2. The number of hydrogen-bond donors (Lipinski definition) is 2.